The number of ether oxygens (including phenoxy) is 2. The number of hydrogen-bond donors (Lipinski definition) is 0. The summed E-state index contributed by atoms with van der Waals surface area (Å²) in [5.74, 6) is 3.19. The largest absolute Gasteiger partial charge is 0.458 e. The van der Waals surface area contributed by atoms with Crippen LogP contribution >= 0.6 is 0 Å². The van der Waals surface area contributed by atoms with Crippen LogP contribution in [0.25, 0.3) is 0 Å². The van der Waals surface area contributed by atoms with Crippen LogP contribution in [0.5, 0.6) is 23.0 Å². The van der Waals surface area contributed by atoms with E-state index < -0.39 is 8.07 Å². The molecule has 5 heterocycles. The second-order valence-corrected chi connectivity index (χ2v) is 28.7. The fourth-order valence-corrected chi connectivity index (χ4v) is 18.1. The highest BCUT2D eigenvalue weighted by molar-refractivity contribution is 7.04. The van der Waals surface area contributed by atoms with Gasteiger partial charge in [0.15, 0.2) is 0 Å². The number of anilines is 15. The molecule has 0 amide bonds. The highest BCUT2D eigenvalue weighted by Crippen LogP contribution is 2.51. The van der Waals surface area contributed by atoms with Crippen molar-refractivity contribution in [2.75, 3.05) is 24.5 Å². The first-order valence-electron chi connectivity index (χ1n) is 31.1. The zero-order chi connectivity index (χ0) is 59.6. The Morgan fingerprint density at radius 1 is 0.267 bits per heavy atom. The van der Waals surface area contributed by atoms with E-state index in [9.17, 15) is 0 Å². The molecule has 0 atom stereocenters. The lowest BCUT2D eigenvalue weighted by Crippen LogP contribution is -2.65. The van der Waals surface area contributed by atoms with Gasteiger partial charge in [0.05, 0.1) is 11.4 Å². The summed E-state index contributed by atoms with van der Waals surface area (Å²) in [6.45, 7) is 4.59. The second-order valence-electron chi connectivity index (χ2n) is 24.4. The van der Waals surface area contributed by atoms with E-state index in [0.717, 1.165) is 119 Å². The monoisotopic (exact) mass is 1170 g/mol. The molecule has 0 radical (unpaired) electrons. The van der Waals surface area contributed by atoms with Crippen LogP contribution in [0, 0.1) is 0 Å². The van der Waals surface area contributed by atoms with Gasteiger partial charge < -0.3 is 34.0 Å². The maximum absolute atomic E-state index is 7.69. The Labute approximate surface area is 526 Å². The summed E-state index contributed by atoms with van der Waals surface area (Å²) in [5, 5.41) is 2.77. The van der Waals surface area contributed by atoms with Crippen molar-refractivity contribution in [3.05, 3.63) is 309 Å². The third-order valence-electron chi connectivity index (χ3n) is 19.0. The molecule has 0 N–H and O–H groups in total. The average Bonchev–Trinajstić information content (AvgIpc) is 0.700. The van der Waals surface area contributed by atoms with Crippen molar-refractivity contribution in [1.82, 2.24) is 0 Å². The smallest absolute Gasteiger partial charge is 0.260 e. The fourth-order valence-electron chi connectivity index (χ4n) is 15.1. The minimum absolute atomic E-state index is 0.180. The van der Waals surface area contributed by atoms with Crippen LogP contribution in [0.15, 0.2) is 309 Å². The number of nitrogens with zero attached hydrogens (tertiary/aromatic N) is 5. The minimum atomic E-state index is -2.39. The molecule has 0 aromatic heterocycles. The van der Waals surface area contributed by atoms with E-state index in [1.807, 2.05) is 0 Å². The molecule has 0 aliphatic carbocycles. The Balaban J connectivity index is 0.921. The van der Waals surface area contributed by atoms with Crippen LogP contribution < -0.4 is 77.1 Å². The van der Waals surface area contributed by atoms with Crippen LogP contribution in [0.2, 0.25) is 13.1 Å². The molecule has 0 saturated carbocycles. The van der Waals surface area contributed by atoms with Gasteiger partial charge in [0.1, 0.15) is 31.1 Å². The average molecular weight is 1170 g/mol. The van der Waals surface area contributed by atoms with Gasteiger partial charge in [-0.3, -0.25) is 0 Å². The maximum atomic E-state index is 7.69. The van der Waals surface area contributed by atoms with Gasteiger partial charge in [0.2, 0.25) is 0 Å². The summed E-state index contributed by atoms with van der Waals surface area (Å²) < 4.78 is 15.3. The number of rotatable bonds is 9. The van der Waals surface area contributed by atoms with Gasteiger partial charge >= 0.3 is 0 Å². The van der Waals surface area contributed by atoms with E-state index in [1.54, 1.807) is 0 Å². The summed E-state index contributed by atoms with van der Waals surface area (Å²) in [6.07, 6.45) is 0. The number of hydrogen-bond acceptors (Lipinski definition) is 7. The van der Waals surface area contributed by atoms with E-state index in [-0.39, 0.29) is 13.4 Å². The SMILES string of the molecule is C[Si]1(C)c2ccccc2N(c2ccccc2)c2cc3c(cc21)B1c2cc4c(cc2Oc2cc(N(c5ccccc5)c5ccccc5)cc(c21)O3)N(c1ccccc1)c1cc(N(c2ccccc2)c2ccccc2)cc2c1B4c1ccccc1N2c1ccccc1. The normalized spacial score (nSPS) is 13.8. The second kappa shape index (κ2) is 20.5. The predicted octanol–water partition coefficient (Wildman–Crippen LogP) is 16.0. The zero-order valence-corrected chi connectivity index (χ0v) is 50.7. The van der Waals surface area contributed by atoms with Crippen LogP contribution in [0.1, 0.15) is 0 Å². The summed E-state index contributed by atoms with van der Waals surface area (Å²) in [6, 6.07) is 113. The Bertz CT molecular complexity index is 4890. The molecule has 424 valence electrons. The van der Waals surface area contributed by atoms with Gasteiger partial charge in [0.25, 0.3) is 13.4 Å². The number of fused-ring (bicyclic) bond motifs is 10. The lowest BCUT2D eigenvalue weighted by molar-refractivity contribution is 0.465. The molecule has 10 heteroatoms. The quantitative estimate of drug-likeness (QED) is 0.133. The molecule has 13 aromatic carbocycles. The van der Waals surface area contributed by atoms with Gasteiger partial charge in [-0.05, 0) is 147 Å². The molecule has 13 aromatic rings. The van der Waals surface area contributed by atoms with Crippen LogP contribution in [0.4, 0.5) is 85.3 Å². The molecule has 0 unspecified atom stereocenters. The molecule has 0 spiro atoms. The van der Waals surface area contributed by atoms with E-state index in [0.29, 0.717) is 0 Å². The molecule has 0 bridgehead atoms. The Hall–Kier alpha value is -11.2. The Morgan fingerprint density at radius 2 is 0.644 bits per heavy atom. The van der Waals surface area contributed by atoms with Gasteiger partial charge in [-0.25, -0.2) is 0 Å². The Kier molecular flexibility index (Phi) is 11.8. The molecule has 5 aliphatic heterocycles. The lowest BCUT2D eigenvalue weighted by Gasteiger charge is -2.46. The first kappa shape index (κ1) is 52.0. The molecule has 0 saturated heterocycles. The number of para-hydroxylation sites is 9. The van der Waals surface area contributed by atoms with Crippen molar-refractivity contribution in [3.8, 4) is 23.0 Å². The van der Waals surface area contributed by atoms with Crippen molar-refractivity contribution in [1.29, 1.82) is 0 Å². The third kappa shape index (κ3) is 8.01. The van der Waals surface area contributed by atoms with E-state index >= 15 is 0 Å². The van der Waals surface area contributed by atoms with Crippen LogP contribution in [-0.4, -0.2) is 21.5 Å². The van der Waals surface area contributed by atoms with Gasteiger partial charge in [0, 0.05) is 104 Å². The van der Waals surface area contributed by atoms with Gasteiger partial charge in [-0.15, -0.1) is 0 Å². The Morgan fingerprint density at radius 3 is 1.14 bits per heavy atom. The molecule has 7 nitrogen and oxygen atoms in total. The molecule has 18 rings (SSSR count). The van der Waals surface area contributed by atoms with Crippen molar-refractivity contribution < 1.29 is 9.47 Å². The van der Waals surface area contributed by atoms with Crippen molar-refractivity contribution >= 4 is 150 Å². The van der Waals surface area contributed by atoms with Crippen LogP contribution in [-0.2, 0) is 0 Å². The van der Waals surface area contributed by atoms with Crippen LogP contribution in [0.3, 0.4) is 0 Å². The molecule has 5 aliphatic rings. The summed E-state index contributed by atoms with van der Waals surface area (Å²) >= 11 is 0. The van der Waals surface area contributed by atoms with Crippen molar-refractivity contribution in [3.63, 3.8) is 0 Å². The minimum Gasteiger partial charge on any atom is -0.458 e. The highest BCUT2D eigenvalue weighted by atomic mass is 28.3. The predicted molar refractivity (Wildman–Crippen MR) is 379 cm³/mol. The highest BCUT2D eigenvalue weighted by Gasteiger charge is 2.49. The maximum Gasteiger partial charge on any atom is 0.260 e. The van der Waals surface area contributed by atoms with E-state index in [4.69, 9.17) is 9.47 Å². The molecular formula is C80H57B2N5O2Si. The van der Waals surface area contributed by atoms with Gasteiger partial charge in [-0.2, -0.15) is 0 Å². The topological polar surface area (TPSA) is 34.7 Å². The number of benzene rings is 13. The zero-order valence-electron chi connectivity index (χ0n) is 49.7. The summed E-state index contributed by atoms with van der Waals surface area (Å²) in [4.78, 5) is 12.2. The van der Waals surface area contributed by atoms with Crippen molar-refractivity contribution in [2.45, 2.75) is 13.1 Å². The molecule has 90 heavy (non-hydrogen) atoms. The van der Waals surface area contributed by atoms with Crippen molar-refractivity contribution in [2.24, 2.45) is 0 Å². The first-order valence-corrected chi connectivity index (χ1v) is 34.1. The fraction of sp³-hybridized carbons (Fsp3) is 0.0250. The lowest BCUT2D eigenvalue weighted by atomic mass is 9.31. The molecule has 0 fully saturated rings. The summed E-state index contributed by atoms with van der Waals surface area (Å²) in [5.41, 5.74) is 23.1. The molecular weight excluding hydrogens is 1110 g/mol. The third-order valence-corrected chi connectivity index (χ3v) is 22.5. The standard InChI is InChI=1S/C80H57B2N5O2Si/c1-90(2)77-45-27-26-44-68(77)86(59-38-20-8-21-39-59)70-53-74-66(51-78(70)90)82-65-50-64-69(52-73(65)88-75-48-62(49-76(89-74)80(75)82)84(56-32-14-5-15-33-56)57-34-16-6-17-35-57)87(60-40-22-9-23-41-60)72-47-61(83(54-28-10-3-11-29-54)55-30-12-4-13-31-55)46-71-79(72)81(64)63-42-24-25-43-67(63)85(71)58-36-18-7-19-37-58/h3-53H,1-2H3. The summed E-state index contributed by atoms with van der Waals surface area (Å²) in [7, 11) is -2.39. The van der Waals surface area contributed by atoms with E-state index in [2.05, 4.69) is 347 Å². The first-order chi connectivity index (χ1) is 44.4. The van der Waals surface area contributed by atoms with E-state index in [1.165, 1.54) is 32.4 Å². The van der Waals surface area contributed by atoms with Gasteiger partial charge in [-0.1, -0.05) is 189 Å².